The Bertz CT molecular complexity index is 393. The summed E-state index contributed by atoms with van der Waals surface area (Å²) in [6.07, 6.45) is 0. The lowest BCUT2D eigenvalue weighted by Gasteiger charge is -2.12. The van der Waals surface area contributed by atoms with E-state index in [1.54, 1.807) is 21.3 Å². The van der Waals surface area contributed by atoms with Gasteiger partial charge in [-0.15, -0.1) is 0 Å². The molecular formula is C14H23N3O3. The van der Waals surface area contributed by atoms with Crippen molar-refractivity contribution in [2.45, 2.75) is 0 Å². The van der Waals surface area contributed by atoms with Crippen molar-refractivity contribution in [1.82, 2.24) is 10.6 Å². The summed E-state index contributed by atoms with van der Waals surface area (Å²) < 4.78 is 15.6. The molecule has 6 heteroatoms. The molecule has 1 aromatic carbocycles. The molecule has 1 aromatic rings. The Morgan fingerprint density at radius 1 is 1.00 bits per heavy atom. The second kappa shape index (κ2) is 9.91. The van der Waals surface area contributed by atoms with E-state index < -0.39 is 0 Å². The normalized spacial score (nSPS) is 11.1. The summed E-state index contributed by atoms with van der Waals surface area (Å²) in [6.45, 7) is 2.58. The first kappa shape index (κ1) is 16.1. The number of methoxy groups -OCH3 is 2. The predicted molar refractivity (Wildman–Crippen MR) is 79.7 cm³/mol. The number of guanidine groups is 1. The van der Waals surface area contributed by atoms with E-state index in [1.165, 1.54) is 0 Å². The van der Waals surface area contributed by atoms with E-state index >= 15 is 0 Å². The molecule has 0 saturated carbocycles. The minimum atomic E-state index is 0.553. The van der Waals surface area contributed by atoms with E-state index in [2.05, 4.69) is 15.6 Å². The summed E-state index contributed by atoms with van der Waals surface area (Å²) in [7, 11) is 5.04. The third kappa shape index (κ3) is 6.29. The zero-order valence-electron chi connectivity index (χ0n) is 12.3. The van der Waals surface area contributed by atoms with Crippen LogP contribution in [0.4, 0.5) is 0 Å². The first-order chi connectivity index (χ1) is 9.80. The molecule has 0 aliphatic carbocycles. The van der Waals surface area contributed by atoms with Crippen molar-refractivity contribution in [2.24, 2.45) is 4.99 Å². The average Bonchev–Trinajstić information content (AvgIpc) is 2.50. The topological polar surface area (TPSA) is 64.1 Å². The van der Waals surface area contributed by atoms with Gasteiger partial charge >= 0.3 is 0 Å². The maximum Gasteiger partial charge on any atom is 0.191 e. The molecule has 0 aromatic heterocycles. The van der Waals surface area contributed by atoms with Crippen LogP contribution in [0.2, 0.25) is 0 Å². The van der Waals surface area contributed by atoms with Crippen LogP contribution >= 0.6 is 0 Å². The van der Waals surface area contributed by atoms with Crippen LogP contribution in [0.5, 0.6) is 11.5 Å². The molecule has 0 aliphatic rings. The molecular weight excluding hydrogens is 258 g/mol. The highest BCUT2D eigenvalue weighted by Gasteiger charge is 1.98. The number of aliphatic imine (C=N–C) groups is 1. The second-order valence-electron chi connectivity index (χ2n) is 3.94. The molecule has 112 valence electrons. The quantitative estimate of drug-likeness (QED) is 0.421. The van der Waals surface area contributed by atoms with Crippen LogP contribution in [0.1, 0.15) is 0 Å². The number of nitrogens with one attached hydrogen (secondary N) is 2. The highest BCUT2D eigenvalue weighted by atomic mass is 16.5. The van der Waals surface area contributed by atoms with Gasteiger partial charge in [0.15, 0.2) is 5.96 Å². The Kier molecular flexibility index (Phi) is 7.98. The van der Waals surface area contributed by atoms with Crippen molar-refractivity contribution < 1.29 is 14.2 Å². The van der Waals surface area contributed by atoms with Crippen molar-refractivity contribution in [3.05, 3.63) is 24.3 Å². The fraction of sp³-hybridized carbons (Fsp3) is 0.500. The van der Waals surface area contributed by atoms with Gasteiger partial charge in [-0.1, -0.05) is 0 Å². The zero-order chi connectivity index (χ0) is 14.6. The maximum atomic E-state index is 5.60. The molecule has 0 bridgehead atoms. The van der Waals surface area contributed by atoms with Gasteiger partial charge in [-0.3, -0.25) is 4.99 Å². The molecule has 0 spiro atoms. The van der Waals surface area contributed by atoms with Gasteiger partial charge in [0.25, 0.3) is 0 Å². The van der Waals surface area contributed by atoms with Gasteiger partial charge in [0.2, 0.25) is 0 Å². The number of benzene rings is 1. The number of nitrogens with zero attached hydrogens (tertiary/aromatic N) is 1. The van der Waals surface area contributed by atoms with Crippen molar-refractivity contribution in [3.8, 4) is 11.5 Å². The standard InChI is InChI=1S/C14H23N3O3/c1-15-14(16-8-10-18-2)17-9-11-20-13-6-4-12(19-3)5-7-13/h4-7H,8-11H2,1-3H3,(H2,15,16,17). The van der Waals surface area contributed by atoms with Crippen LogP contribution in [-0.4, -0.2) is 53.5 Å². The smallest absolute Gasteiger partial charge is 0.191 e. The second-order valence-corrected chi connectivity index (χ2v) is 3.94. The van der Waals surface area contributed by atoms with Crippen LogP contribution < -0.4 is 20.1 Å². The van der Waals surface area contributed by atoms with Gasteiger partial charge in [-0.2, -0.15) is 0 Å². The minimum Gasteiger partial charge on any atom is -0.497 e. The van der Waals surface area contributed by atoms with Gasteiger partial charge in [-0.05, 0) is 24.3 Å². The predicted octanol–water partition coefficient (Wildman–Crippen LogP) is 0.885. The van der Waals surface area contributed by atoms with Gasteiger partial charge in [-0.25, -0.2) is 0 Å². The van der Waals surface area contributed by atoms with Crippen molar-refractivity contribution >= 4 is 5.96 Å². The highest BCUT2D eigenvalue weighted by Crippen LogP contribution is 2.16. The molecule has 0 radical (unpaired) electrons. The lowest BCUT2D eigenvalue weighted by atomic mass is 10.3. The number of hydrogen-bond acceptors (Lipinski definition) is 4. The van der Waals surface area contributed by atoms with Crippen molar-refractivity contribution in [2.75, 3.05) is 47.6 Å². The maximum absolute atomic E-state index is 5.60. The van der Waals surface area contributed by atoms with E-state index in [-0.39, 0.29) is 0 Å². The third-order valence-electron chi connectivity index (χ3n) is 2.54. The Balaban J connectivity index is 2.19. The molecule has 0 aliphatic heterocycles. The molecule has 0 saturated heterocycles. The number of rotatable bonds is 8. The van der Waals surface area contributed by atoms with Crippen LogP contribution in [0.25, 0.3) is 0 Å². The molecule has 2 N–H and O–H groups in total. The van der Waals surface area contributed by atoms with E-state index in [0.717, 1.165) is 24.0 Å². The molecule has 1 rings (SSSR count). The van der Waals surface area contributed by atoms with E-state index in [4.69, 9.17) is 14.2 Å². The summed E-state index contributed by atoms with van der Waals surface area (Å²) in [5, 5.41) is 6.28. The van der Waals surface area contributed by atoms with Gasteiger partial charge in [0.1, 0.15) is 18.1 Å². The molecule has 0 unspecified atom stereocenters. The first-order valence-electron chi connectivity index (χ1n) is 6.50. The SMILES string of the molecule is CN=C(NCCOC)NCCOc1ccc(OC)cc1. The zero-order valence-corrected chi connectivity index (χ0v) is 12.3. The summed E-state index contributed by atoms with van der Waals surface area (Å²) in [5.41, 5.74) is 0. The van der Waals surface area contributed by atoms with Crippen LogP contribution in [0, 0.1) is 0 Å². The lowest BCUT2D eigenvalue weighted by molar-refractivity contribution is 0.203. The van der Waals surface area contributed by atoms with E-state index in [0.29, 0.717) is 19.8 Å². The summed E-state index contributed by atoms with van der Waals surface area (Å²) in [4.78, 5) is 4.09. The Labute approximate surface area is 120 Å². The minimum absolute atomic E-state index is 0.553. The van der Waals surface area contributed by atoms with Crippen LogP contribution in [0.3, 0.4) is 0 Å². The van der Waals surface area contributed by atoms with E-state index in [9.17, 15) is 0 Å². The van der Waals surface area contributed by atoms with Gasteiger partial charge in [0.05, 0.1) is 20.3 Å². The molecule has 0 atom stereocenters. The molecule has 20 heavy (non-hydrogen) atoms. The van der Waals surface area contributed by atoms with Crippen LogP contribution in [0.15, 0.2) is 29.3 Å². The first-order valence-corrected chi connectivity index (χ1v) is 6.50. The summed E-state index contributed by atoms with van der Waals surface area (Å²) in [6, 6.07) is 7.50. The molecule has 6 nitrogen and oxygen atoms in total. The van der Waals surface area contributed by atoms with Crippen LogP contribution in [-0.2, 0) is 4.74 Å². The highest BCUT2D eigenvalue weighted by molar-refractivity contribution is 5.79. The Morgan fingerprint density at radius 2 is 1.60 bits per heavy atom. The monoisotopic (exact) mass is 281 g/mol. The number of ether oxygens (including phenoxy) is 3. The molecule has 0 fully saturated rings. The van der Waals surface area contributed by atoms with E-state index in [1.807, 2.05) is 24.3 Å². The average molecular weight is 281 g/mol. The fourth-order valence-corrected chi connectivity index (χ4v) is 1.50. The molecule has 0 amide bonds. The molecule has 0 heterocycles. The Hall–Kier alpha value is -1.95. The lowest BCUT2D eigenvalue weighted by Crippen LogP contribution is -2.40. The van der Waals surface area contributed by atoms with Crippen molar-refractivity contribution in [3.63, 3.8) is 0 Å². The summed E-state index contributed by atoms with van der Waals surface area (Å²) in [5.74, 6) is 2.37. The summed E-state index contributed by atoms with van der Waals surface area (Å²) >= 11 is 0. The largest absolute Gasteiger partial charge is 0.497 e. The van der Waals surface area contributed by atoms with Gasteiger partial charge in [0, 0.05) is 20.7 Å². The number of hydrogen-bond donors (Lipinski definition) is 2. The van der Waals surface area contributed by atoms with Gasteiger partial charge < -0.3 is 24.8 Å². The third-order valence-corrected chi connectivity index (χ3v) is 2.54. The van der Waals surface area contributed by atoms with Crippen molar-refractivity contribution in [1.29, 1.82) is 0 Å². The fourth-order valence-electron chi connectivity index (χ4n) is 1.50. The Morgan fingerprint density at radius 3 is 2.15 bits per heavy atom.